The van der Waals surface area contributed by atoms with Crippen molar-refractivity contribution in [3.63, 3.8) is 0 Å². The average Bonchev–Trinajstić information content (AvgIpc) is 2.67. The topological polar surface area (TPSA) is 34.2 Å². The van der Waals surface area contributed by atoms with E-state index < -0.39 is 0 Å². The van der Waals surface area contributed by atoms with Crippen molar-refractivity contribution in [1.29, 1.82) is 0 Å². The Morgan fingerprint density at radius 2 is 1.40 bits per heavy atom. The molecule has 1 rings (SSSR count). The molecule has 0 aliphatic rings. The molecule has 0 atom stereocenters. The molecule has 1 aromatic rings. The van der Waals surface area contributed by atoms with Crippen LogP contribution in [0.1, 0.15) is 39.5 Å². The van der Waals surface area contributed by atoms with Crippen molar-refractivity contribution in [2.45, 2.75) is 39.5 Å². The molecule has 1 aromatic heterocycles. The van der Waals surface area contributed by atoms with Crippen molar-refractivity contribution >= 4 is 0 Å². The van der Waals surface area contributed by atoms with Gasteiger partial charge in [0.1, 0.15) is 0 Å². The monoisotopic (exact) mass is 211 g/mol. The van der Waals surface area contributed by atoms with Crippen LogP contribution in [0, 0.1) is 0 Å². The summed E-state index contributed by atoms with van der Waals surface area (Å²) in [6.07, 6.45) is 8.15. The second-order valence-electron chi connectivity index (χ2n) is 3.59. The first kappa shape index (κ1) is 12.0. The van der Waals surface area contributed by atoms with Gasteiger partial charge in [-0.1, -0.05) is 26.7 Å². The first-order chi connectivity index (χ1) is 7.38. The van der Waals surface area contributed by atoms with E-state index >= 15 is 0 Å². The van der Waals surface area contributed by atoms with Crippen LogP contribution < -0.4 is 9.47 Å². The number of unbranched alkanes of at least 4 members (excludes halogenated alkanes) is 2. The molecule has 0 saturated heterocycles. The summed E-state index contributed by atoms with van der Waals surface area (Å²) in [7, 11) is 0. The van der Waals surface area contributed by atoms with Crippen molar-refractivity contribution in [2.75, 3.05) is 13.2 Å². The van der Waals surface area contributed by atoms with Gasteiger partial charge in [-0.3, -0.25) is 0 Å². The van der Waals surface area contributed by atoms with Crippen LogP contribution in [0.15, 0.2) is 12.4 Å². The summed E-state index contributed by atoms with van der Waals surface area (Å²) in [5, 5.41) is 0. The normalized spacial score (nSPS) is 10.3. The molecule has 0 aliphatic heterocycles. The first-order valence-corrected chi connectivity index (χ1v) is 5.80. The van der Waals surface area contributed by atoms with E-state index in [9.17, 15) is 0 Å². The summed E-state index contributed by atoms with van der Waals surface area (Å²) in [5.74, 6) is 1.67. The zero-order valence-corrected chi connectivity index (χ0v) is 9.71. The molecular weight excluding hydrogens is 190 g/mol. The lowest BCUT2D eigenvalue weighted by atomic mass is 10.3. The molecule has 1 heterocycles. The van der Waals surface area contributed by atoms with Crippen molar-refractivity contribution in [3.8, 4) is 11.5 Å². The summed E-state index contributed by atoms with van der Waals surface area (Å²) >= 11 is 0. The molecule has 0 aromatic carbocycles. The second-order valence-corrected chi connectivity index (χ2v) is 3.59. The molecule has 1 N–H and O–H groups in total. The summed E-state index contributed by atoms with van der Waals surface area (Å²) in [5.41, 5.74) is 0. The van der Waals surface area contributed by atoms with Gasteiger partial charge in [-0.2, -0.15) is 0 Å². The Bertz CT molecular complexity index is 233. The highest BCUT2D eigenvalue weighted by Gasteiger charge is 2.05. The Kier molecular flexibility index (Phi) is 5.74. The Morgan fingerprint density at radius 1 is 0.933 bits per heavy atom. The Balaban J connectivity index is 2.32. The third-order valence-corrected chi connectivity index (χ3v) is 2.18. The van der Waals surface area contributed by atoms with E-state index in [2.05, 4.69) is 18.8 Å². The molecule has 0 bridgehead atoms. The van der Waals surface area contributed by atoms with E-state index in [4.69, 9.17) is 9.47 Å². The molecule has 0 saturated carbocycles. The van der Waals surface area contributed by atoms with E-state index in [0.29, 0.717) is 0 Å². The number of rotatable bonds is 8. The zero-order valence-electron chi connectivity index (χ0n) is 9.71. The van der Waals surface area contributed by atoms with E-state index in [1.165, 1.54) is 0 Å². The minimum Gasteiger partial charge on any atom is -0.488 e. The highest BCUT2D eigenvalue weighted by molar-refractivity contribution is 5.36. The highest BCUT2D eigenvalue weighted by atomic mass is 16.5. The molecule has 3 heteroatoms. The Labute approximate surface area is 91.8 Å². The van der Waals surface area contributed by atoms with Gasteiger partial charge in [0.05, 0.1) is 13.2 Å². The van der Waals surface area contributed by atoms with Gasteiger partial charge in [-0.25, -0.2) is 0 Å². The van der Waals surface area contributed by atoms with Crippen LogP contribution in [-0.2, 0) is 0 Å². The fourth-order valence-corrected chi connectivity index (χ4v) is 1.21. The number of hydrogen-bond acceptors (Lipinski definition) is 2. The first-order valence-electron chi connectivity index (χ1n) is 5.80. The van der Waals surface area contributed by atoms with Gasteiger partial charge in [0.25, 0.3) is 0 Å². The summed E-state index contributed by atoms with van der Waals surface area (Å²) in [4.78, 5) is 3.00. The highest BCUT2D eigenvalue weighted by Crippen LogP contribution is 2.26. The van der Waals surface area contributed by atoms with Gasteiger partial charge < -0.3 is 14.5 Å². The predicted molar refractivity (Wildman–Crippen MR) is 61.6 cm³/mol. The minimum absolute atomic E-state index is 0.762. The van der Waals surface area contributed by atoms with Crippen LogP contribution in [0.4, 0.5) is 0 Å². The maximum Gasteiger partial charge on any atom is 0.178 e. The molecule has 0 amide bonds. The van der Waals surface area contributed by atoms with E-state index in [1.807, 2.05) is 12.4 Å². The predicted octanol–water partition coefficient (Wildman–Crippen LogP) is 3.37. The van der Waals surface area contributed by atoms with Gasteiger partial charge in [0, 0.05) is 12.4 Å². The fraction of sp³-hybridized carbons (Fsp3) is 0.667. The van der Waals surface area contributed by atoms with Crippen LogP contribution in [0.2, 0.25) is 0 Å². The SMILES string of the molecule is CCCCOc1c[nH]cc1OCCCC. The maximum absolute atomic E-state index is 5.59. The Morgan fingerprint density at radius 3 is 1.80 bits per heavy atom. The van der Waals surface area contributed by atoms with Crippen LogP contribution >= 0.6 is 0 Å². The minimum atomic E-state index is 0.762. The lowest BCUT2D eigenvalue weighted by Crippen LogP contribution is -2.00. The van der Waals surface area contributed by atoms with Gasteiger partial charge >= 0.3 is 0 Å². The molecule has 86 valence electrons. The quantitative estimate of drug-likeness (QED) is 0.669. The molecule has 0 aliphatic carbocycles. The lowest BCUT2D eigenvalue weighted by molar-refractivity contribution is 0.264. The largest absolute Gasteiger partial charge is 0.488 e. The molecular formula is C12H21NO2. The number of nitrogens with one attached hydrogen (secondary N) is 1. The van der Waals surface area contributed by atoms with Gasteiger partial charge in [-0.15, -0.1) is 0 Å². The lowest BCUT2D eigenvalue weighted by Gasteiger charge is -2.07. The van der Waals surface area contributed by atoms with Crippen molar-refractivity contribution < 1.29 is 9.47 Å². The number of H-pyrrole nitrogens is 1. The number of aromatic nitrogens is 1. The Hall–Kier alpha value is -1.12. The van der Waals surface area contributed by atoms with E-state index in [1.54, 1.807) is 0 Å². The third-order valence-electron chi connectivity index (χ3n) is 2.18. The number of aromatic amines is 1. The third kappa shape index (κ3) is 4.28. The fourth-order valence-electron chi connectivity index (χ4n) is 1.21. The molecule has 15 heavy (non-hydrogen) atoms. The molecule has 0 radical (unpaired) electrons. The van der Waals surface area contributed by atoms with Crippen LogP contribution in [0.3, 0.4) is 0 Å². The zero-order chi connectivity index (χ0) is 10.9. The summed E-state index contributed by atoms with van der Waals surface area (Å²) in [6, 6.07) is 0. The maximum atomic E-state index is 5.59. The van der Waals surface area contributed by atoms with Crippen LogP contribution in [0.25, 0.3) is 0 Å². The average molecular weight is 211 g/mol. The molecule has 3 nitrogen and oxygen atoms in total. The summed E-state index contributed by atoms with van der Waals surface area (Å²) < 4.78 is 11.2. The molecule has 0 unspecified atom stereocenters. The van der Waals surface area contributed by atoms with Crippen LogP contribution in [-0.4, -0.2) is 18.2 Å². The second kappa shape index (κ2) is 7.21. The van der Waals surface area contributed by atoms with Gasteiger partial charge in [-0.05, 0) is 12.8 Å². The molecule has 0 spiro atoms. The van der Waals surface area contributed by atoms with E-state index in [-0.39, 0.29) is 0 Å². The van der Waals surface area contributed by atoms with Gasteiger partial charge in [0.2, 0.25) is 0 Å². The van der Waals surface area contributed by atoms with E-state index in [0.717, 1.165) is 50.4 Å². The van der Waals surface area contributed by atoms with Crippen molar-refractivity contribution in [1.82, 2.24) is 4.98 Å². The number of hydrogen-bond donors (Lipinski definition) is 1. The number of ether oxygens (including phenoxy) is 2. The molecule has 0 fully saturated rings. The van der Waals surface area contributed by atoms with Crippen LogP contribution in [0.5, 0.6) is 11.5 Å². The standard InChI is InChI=1S/C12H21NO2/c1-3-5-7-14-11-9-13-10-12(11)15-8-6-4-2/h9-10,13H,3-8H2,1-2H3. The van der Waals surface area contributed by atoms with Crippen molar-refractivity contribution in [2.24, 2.45) is 0 Å². The van der Waals surface area contributed by atoms with Gasteiger partial charge in [0.15, 0.2) is 11.5 Å². The smallest absolute Gasteiger partial charge is 0.178 e. The van der Waals surface area contributed by atoms with Crippen molar-refractivity contribution in [3.05, 3.63) is 12.4 Å². The summed E-state index contributed by atoms with van der Waals surface area (Å²) in [6.45, 7) is 5.83.